The molecule has 1 aromatic rings. The van der Waals surface area contributed by atoms with Crippen molar-refractivity contribution in [3.8, 4) is 0 Å². The molecule has 0 spiro atoms. The first-order valence-corrected chi connectivity index (χ1v) is 9.80. The molecule has 1 saturated heterocycles. The van der Waals surface area contributed by atoms with Gasteiger partial charge in [-0.15, -0.1) is 0 Å². The molecule has 1 aliphatic heterocycles. The van der Waals surface area contributed by atoms with E-state index in [9.17, 15) is 10.2 Å². The lowest BCUT2D eigenvalue weighted by molar-refractivity contribution is 0.0314. The zero-order valence-electron chi connectivity index (χ0n) is 15.4. The molecule has 138 valence electrons. The maximum Gasteiger partial charge on any atom is 0.0926 e. The number of nitrogens with zero attached hydrogens (tertiary/aromatic N) is 1. The molecule has 1 heterocycles. The normalized spacial score (nSPS) is 31.4. The zero-order chi connectivity index (χ0) is 18.1. The summed E-state index contributed by atoms with van der Waals surface area (Å²) in [5, 5.41) is 20.6. The Morgan fingerprint density at radius 3 is 2.38 bits per heavy atom. The van der Waals surface area contributed by atoms with Crippen LogP contribution in [0.15, 0.2) is 66.0 Å². The number of likely N-dealkylation sites (tertiary alicyclic amines) is 1. The van der Waals surface area contributed by atoms with Crippen LogP contribution >= 0.6 is 0 Å². The van der Waals surface area contributed by atoms with Crippen LogP contribution in [0.4, 0.5) is 0 Å². The zero-order valence-corrected chi connectivity index (χ0v) is 15.4. The van der Waals surface area contributed by atoms with Crippen molar-refractivity contribution in [2.24, 2.45) is 11.8 Å². The molecule has 2 aliphatic carbocycles. The highest BCUT2D eigenvalue weighted by molar-refractivity contribution is 5.35. The van der Waals surface area contributed by atoms with Crippen molar-refractivity contribution in [1.29, 1.82) is 0 Å². The minimum Gasteiger partial charge on any atom is -0.512 e. The van der Waals surface area contributed by atoms with E-state index in [0.29, 0.717) is 17.6 Å². The van der Waals surface area contributed by atoms with Crippen molar-refractivity contribution < 1.29 is 10.2 Å². The monoisotopic (exact) mass is 351 g/mol. The van der Waals surface area contributed by atoms with Gasteiger partial charge in [0.15, 0.2) is 0 Å². The van der Waals surface area contributed by atoms with Gasteiger partial charge in [-0.3, -0.25) is 0 Å². The highest BCUT2D eigenvalue weighted by atomic mass is 16.3. The number of hydrogen-bond donors (Lipinski definition) is 2. The summed E-state index contributed by atoms with van der Waals surface area (Å²) in [4.78, 5) is 2.54. The minimum absolute atomic E-state index is 0.472. The highest BCUT2D eigenvalue weighted by Gasteiger charge is 2.48. The van der Waals surface area contributed by atoms with Crippen LogP contribution in [-0.4, -0.2) is 34.7 Å². The van der Waals surface area contributed by atoms with E-state index in [1.807, 2.05) is 24.3 Å². The molecule has 0 radical (unpaired) electrons. The summed E-state index contributed by atoms with van der Waals surface area (Å²) in [7, 11) is 0. The maximum atomic E-state index is 11.1. The van der Waals surface area contributed by atoms with Crippen molar-refractivity contribution in [1.82, 2.24) is 4.90 Å². The van der Waals surface area contributed by atoms with Gasteiger partial charge in [0.05, 0.1) is 11.4 Å². The Bertz CT molecular complexity index is 720. The van der Waals surface area contributed by atoms with Crippen LogP contribution in [0.2, 0.25) is 0 Å². The number of allylic oxidation sites excluding steroid dienone is 4. The van der Waals surface area contributed by atoms with E-state index in [-0.39, 0.29) is 0 Å². The molecule has 0 aromatic heterocycles. The number of benzene rings is 1. The van der Waals surface area contributed by atoms with E-state index in [2.05, 4.69) is 23.6 Å². The standard InChI is InChI=1S/C23H29NO2/c1-17(18-7-9-22(25)10-8-18)11-12-24-15-19-13-23(26,14-20(19)16-24)21-5-3-2-4-6-21/h2-7,9,19-20,25-26H,1,8,10-16H2/t19-,20+,23?. The molecule has 3 heteroatoms. The second-order valence-corrected chi connectivity index (χ2v) is 8.29. The van der Waals surface area contributed by atoms with Crippen LogP contribution in [0.3, 0.4) is 0 Å². The lowest BCUT2D eigenvalue weighted by Crippen LogP contribution is -2.29. The van der Waals surface area contributed by atoms with Crippen molar-refractivity contribution in [2.75, 3.05) is 19.6 Å². The van der Waals surface area contributed by atoms with Gasteiger partial charge in [0.2, 0.25) is 0 Å². The number of aliphatic hydroxyl groups is 2. The van der Waals surface area contributed by atoms with Crippen LogP contribution in [0.25, 0.3) is 0 Å². The predicted octanol–water partition coefficient (Wildman–Crippen LogP) is 4.32. The van der Waals surface area contributed by atoms with Gasteiger partial charge in [-0.2, -0.15) is 0 Å². The second-order valence-electron chi connectivity index (χ2n) is 8.29. The predicted molar refractivity (Wildman–Crippen MR) is 105 cm³/mol. The molecule has 1 saturated carbocycles. The molecule has 2 fully saturated rings. The van der Waals surface area contributed by atoms with Crippen molar-refractivity contribution in [2.45, 2.75) is 37.7 Å². The summed E-state index contributed by atoms with van der Waals surface area (Å²) in [6, 6.07) is 10.2. The van der Waals surface area contributed by atoms with E-state index in [1.54, 1.807) is 6.08 Å². The highest BCUT2D eigenvalue weighted by Crippen LogP contribution is 2.48. The van der Waals surface area contributed by atoms with Crippen LogP contribution in [0, 0.1) is 11.8 Å². The van der Waals surface area contributed by atoms with Crippen molar-refractivity contribution in [3.05, 3.63) is 71.5 Å². The molecule has 1 aromatic carbocycles. The average Bonchev–Trinajstić information content (AvgIpc) is 3.16. The quantitative estimate of drug-likeness (QED) is 0.830. The van der Waals surface area contributed by atoms with E-state index in [1.165, 1.54) is 11.1 Å². The molecule has 4 rings (SSSR count). The fraction of sp³-hybridized carbons (Fsp3) is 0.478. The molecule has 26 heavy (non-hydrogen) atoms. The van der Waals surface area contributed by atoms with Crippen LogP contribution in [0.5, 0.6) is 0 Å². The first-order valence-electron chi connectivity index (χ1n) is 9.80. The Labute approximate surface area is 156 Å². The third kappa shape index (κ3) is 3.51. The van der Waals surface area contributed by atoms with Crippen LogP contribution in [0.1, 0.15) is 37.7 Å². The number of aliphatic hydroxyl groups excluding tert-OH is 1. The van der Waals surface area contributed by atoms with Crippen LogP contribution in [-0.2, 0) is 5.60 Å². The Balaban J connectivity index is 1.29. The molecule has 0 amide bonds. The third-order valence-electron chi connectivity index (χ3n) is 6.47. The Hall–Kier alpha value is -1.84. The van der Waals surface area contributed by atoms with E-state index < -0.39 is 5.60 Å². The number of fused-ring (bicyclic) bond motifs is 1. The third-order valence-corrected chi connectivity index (χ3v) is 6.47. The first-order chi connectivity index (χ1) is 12.5. The maximum absolute atomic E-state index is 11.1. The average molecular weight is 351 g/mol. The van der Waals surface area contributed by atoms with Gasteiger partial charge in [-0.05, 0) is 54.7 Å². The summed E-state index contributed by atoms with van der Waals surface area (Å²) >= 11 is 0. The summed E-state index contributed by atoms with van der Waals surface area (Å²) in [5.74, 6) is 1.67. The lowest BCUT2D eigenvalue weighted by Gasteiger charge is -2.26. The smallest absolute Gasteiger partial charge is 0.0926 e. The first kappa shape index (κ1) is 17.6. The number of rotatable bonds is 5. The Kier molecular flexibility index (Phi) is 4.76. The molecule has 1 unspecified atom stereocenters. The van der Waals surface area contributed by atoms with E-state index in [4.69, 9.17) is 0 Å². The fourth-order valence-corrected chi connectivity index (χ4v) is 4.99. The number of hydrogen-bond acceptors (Lipinski definition) is 3. The Morgan fingerprint density at radius 2 is 1.77 bits per heavy atom. The SMILES string of the molecule is C=C(CCN1C[C@@H]2CC(O)(c3ccccc3)C[C@@H]2C1)C1=CC=C(O)CC1. The van der Waals surface area contributed by atoms with Crippen molar-refractivity contribution in [3.63, 3.8) is 0 Å². The molecule has 0 bridgehead atoms. The largest absolute Gasteiger partial charge is 0.512 e. The summed E-state index contributed by atoms with van der Waals surface area (Å²) in [6.45, 7) is 7.48. The summed E-state index contributed by atoms with van der Waals surface area (Å²) in [5.41, 5.74) is 2.93. The molecule has 3 atom stereocenters. The fourth-order valence-electron chi connectivity index (χ4n) is 4.99. The lowest BCUT2D eigenvalue weighted by atomic mass is 9.90. The van der Waals surface area contributed by atoms with E-state index >= 15 is 0 Å². The molecule has 3 aliphatic rings. The van der Waals surface area contributed by atoms with Crippen molar-refractivity contribution >= 4 is 0 Å². The van der Waals surface area contributed by atoms with Gasteiger partial charge in [-0.25, -0.2) is 0 Å². The second kappa shape index (κ2) is 7.05. The van der Waals surface area contributed by atoms with Crippen LogP contribution < -0.4 is 0 Å². The van der Waals surface area contributed by atoms with Gasteiger partial charge in [0, 0.05) is 26.1 Å². The van der Waals surface area contributed by atoms with Gasteiger partial charge in [0.1, 0.15) is 0 Å². The molecule has 3 nitrogen and oxygen atoms in total. The van der Waals surface area contributed by atoms with Gasteiger partial charge >= 0.3 is 0 Å². The topological polar surface area (TPSA) is 43.7 Å². The molecular weight excluding hydrogens is 322 g/mol. The van der Waals surface area contributed by atoms with E-state index in [0.717, 1.165) is 57.3 Å². The van der Waals surface area contributed by atoms with Gasteiger partial charge in [-0.1, -0.05) is 48.6 Å². The Morgan fingerprint density at radius 1 is 1.08 bits per heavy atom. The molecular formula is C23H29NO2. The molecule has 2 N–H and O–H groups in total. The van der Waals surface area contributed by atoms with Gasteiger partial charge in [0.25, 0.3) is 0 Å². The summed E-state index contributed by atoms with van der Waals surface area (Å²) < 4.78 is 0. The van der Waals surface area contributed by atoms with Gasteiger partial charge < -0.3 is 15.1 Å². The minimum atomic E-state index is -0.631. The summed E-state index contributed by atoms with van der Waals surface area (Å²) in [6.07, 6.45) is 8.20.